The lowest BCUT2D eigenvalue weighted by atomic mass is 10.2. The van der Waals surface area contributed by atoms with Crippen LogP contribution in [0.15, 0.2) is 24.3 Å². The molecule has 1 heterocycles. The van der Waals surface area contributed by atoms with Crippen LogP contribution in [0.1, 0.15) is 6.42 Å². The van der Waals surface area contributed by atoms with Crippen molar-refractivity contribution in [3.63, 3.8) is 0 Å². The van der Waals surface area contributed by atoms with Crippen molar-refractivity contribution < 1.29 is 9.53 Å². The first-order valence-electron chi connectivity index (χ1n) is 5.25. The summed E-state index contributed by atoms with van der Waals surface area (Å²) in [5.74, 6) is 1.33. The molecule has 0 N–H and O–H groups in total. The fourth-order valence-electron chi connectivity index (χ4n) is 1.97. The molecular weight excluding hydrogens is 270 g/mol. The summed E-state index contributed by atoms with van der Waals surface area (Å²) in [6.07, 6.45) is 0.614. The number of benzene rings is 1. The summed E-state index contributed by atoms with van der Waals surface area (Å²) < 4.78 is 5.27. The first kappa shape index (κ1) is 11.5. The Morgan fingerprint density at radius 3 is 2.88 bits per heavy atom. The van der Waals surface area contributed by atoms with Gasteiger partial charge >= 0.3 is 0 Å². The fourth-order valence-corrected chi connectivity index (χ4v) is 2.40. The molecule has 3 nitrogen and oxygen atoms in total. The van der Waals surface area contributed by atoms with Gasteiger partial charge in [0.2, 0.25) is 5.91 Å². The Balaban J connectivity index is 2.27. The third-order valence-corrected chi connectivity index (χ3v) is 3.71. The summed E-state index contributed by atoms with van der Waals surface area (Å²) in [5.41, 5.74) is 0.874. The number of nitrogens with zero attached hydrogens (tertiary/aromatic N) is 1. The Labute approximate surface area is 104 Å². The number of carbonyl (C=O) groups is 1. The van der Waals surface area contributed by atoms with Crippen molar-refractivity contribution in [3.8, 4) is 5.75 Å². The number of amides is 1. The molecule has 0 bridgehead atoms. The molecule has 0 radical (unpaired) electrons. The largest absolute Gasteiger partial charge is 0.495 e. The smallest absolute Gasteiger partial charge is 0.227 e. The minimum absolute atomic E-state index is 0.175. The van der Waals surface area contributed by atoms with Gasteiger partial charge in [-0.1, -0.05) is 28.1 Å². The average Bonchev–Trinajstić information content (AvgIpc) is 2.70. The number of alkyl halides is 1. The van der Waals surface area contributed by atoms with E-state index in [1.54, 1.807) is 7.11 Å². The van der Waals surface area contributed by atoms with E-state index >= 15 is 0 Å². The molecule has 0 aromatic heterocycles. The van der Waals surface area contributed by atoms with Gasteiger partial charge in [0.25, 0.3) is 0 Å². The van der Waals surface area contributed by atoms with Gasteiger partial charge in [-0.25, -0.2) is 0 Å². The van der Waals surface area contributed by atoms with Crippen molar-refractivity contribution in [3.05, 3.63) is 24.3 Å². The fraction of sp³-hybridized carbons (Fsp3) is 0.417. The maximum absolute atomic E-state index is 11.9. The van der Waals surface area contributed by atoms with E-state index in [4.69, 9.17) is 4.74 Å². The van der Waals surface area contributed by atoms with E-state index in [1.807, 2.05) is 29.2 Å². The number of rotatable bonds is 3. The summed E-state index contributed by atoms with van der Waals surface area (Å²) in [5, 5.41) is 0.865. The first-order valence-corrected chi connectivity index (χ1v) is 6.37. The van der Waals surface area contributed by atoms with Crippen LogP contribution in [0.2, 0.25) is 0 Å². The van der Waals surface area contributed by atoms with Gasteiger partial charge in [0.15, 0.2) is 0 Å². The second kappa shape index (κ2) is 4.87. The molecule has 1 fully saturated rings. The SMILES string of the molecule is COc1ccccc1N1CC(CBr)CC1=O. The molecule has 1 aromatic carbocycles. The standard InChI is InChI=1S/C12H14BrNO2/c1-16-11-5-3-2-4-10(11)14-8-9(7-13)6-12(14)15/h2-5,9H,6-8H2,1H3. The van der Waals surface area contributed by atoms with Gasteiger partial charge in [-0.05, 0) is 18.1 Å². The number of hydrogen-bond donors (Lipinski definition) is 0. The highest BCUT2D eigenvalue weighted by molar-refractivity contribution is 9.09. The van der Waals surface area contributed by atoms with Crippen LogP contribution >= 0.6 is 15.9 Å². The molecule has 1 amide bonds. The van der Waals surface area contributed by atoms with Gasteiger partial charge in [0, 0.05) is 18.3 Å². The Kier molecular flexibility index (Phi) is 3.49. The second-order valence-electron chi connectivity index (χ2n) is 3.90. The van der Waals surface area contributed by atoms with Crippen LogP contribution in [0.25, 0.3) is 0 Å². The molecule has 1 atom stereocenters. The van der Waals surface area contributed by atoms with E-state index in [0.717, 1.165) is 23.3 Å². The van der Waals surface area contributed by atoms with Gasteiger partial charge in [0.05, 0.1) is 12.8 Å². The van der Waals surface area contributed by atoms with Gasteiger partial charge in [-0.3, -0.25) is 4.79 Å². The van der Waals surface area contributed by atoms with E-state index in [9.17, 15) is 4.79 Å². The van der Waals surface area contributed by atoms with Crippen LogP contribution in [0, 0.1) is 5.92 Å². The number of hydrogen-bond acceptors (Lipinski definition) is 2. The van der Waals surface area contributed by atoms with Crippen molar-refractivity contribution >= 4 is 27.5 Å². The van der Waals surface area contributed by atoms with Gasteiger partial charge in [-0.2, -0.15) is 0 Å². The highest BCUT2D eigenvalue weighted by Crippen LogP contribution is 2.32. The predicted molar refractivity (Wildman–Crippen MR) is 67.2 cm³/mol. The molecule has 1 aromatic rings. The average molecular weight is 284 g/mol. The Hall–Kier alpha value is -1.03. The normalized spacial score (nSPS) is 20.2. The third-order valence-electron chi connectivity index (χ3n) is 2.80. The minimum atomic E-state index is 0.175. The maximum atomic E-state index is 11.9. The lowest BCUT2D eigenvalue weighted by Gasteiger charge is -2.19. The third kappa shape index (κ3) is 2.07. The topological polar surface area (TPSA) is 29.5 Å². The summed E-state index contributed by atoms with van der Waals surface area (Å²) in [6, 6.07) is 7.63. The zero-order valence-corrected chi connectivity index (χ0v) is 10.7. The molecule has 0 spiro atoms. The number of para-hydroxylation sites is 2. The molecule has 1 aliphatic heterocycles. The zero-order valence-electron chi connectivity index (χ0n) is 9.15. The maximum Gasteiger partial charge on any atom is 0.227 e. The van der Waals surface area contributed by atoms with E-state index in [1.165, 1.54) is 0 Å². The molecule has 1 aliphatic rings. The van der Waals surface area contributed by atoms with E-state index in [2.05, 4.69) is 15.9 Å². The highest BCUT2D eigenvalue weighted by Gasteiger charge is 2.31. The van der Waals surface area contributed by atoms with Gasteiger partial charge in [-0.15, -0.1) is 0 Å². The summed E-state index contributed by atoms with van der Waals surface area (Å²) in [6.45, 7) is 0.768. The van der Waals surface area contributed by atoms with E-state index in [0.29, 0.717) is 12.3 Å². The van der Waals surface area contributed by atoms with Crippen LogP contribution in [-0.2, 0) is 4.79 Å². The molecule has 86 valence electrons. The molecule has 0 saturated carbocycles. The molecular formula is C12H14BrNO2. The predicted octanol–water partition coefficient (Wildman–Crippen LogP) is 2.44. The van der Waals surface area contributed by atoms with Crippen molar-refractivity contribution in [2.75, 3.05) is 23.9 Å². The van der Waals surface area contributed by atoms with Crippen LogP contribution in [0.5, 0.6) is 5.75 Å². The number of methoxy groups -OCH3 is 1. The number of ether oxygens (including phenoxy) is 1. The van der Waals surface area contributed by atoms with Crippen molar-refractivity contribution in [2.45, 2.75) is 6.42 Å². The van der Waals surface area contributed by atoms with E-state index in [-0.39, 0.29) is 5.91 Å². The molecule has 2 rings (SSSR count). The van der Waals surface area contributed by atoms with Crippen molar-refractivity contribution in [1.82, 2.24) is 0 Å². The molecule has 4 heteroatoms. The zero-order chi connectivity index (χ0) is 11.5. The lowest BCUT2D eigenvalue weighted by molar-refractivity contribution is -0.117. The first-order chi connectivity index (χ1) is 7.76. The molecule has 16 heavy (non-hydrogen) atoms. The number of halogens is 1. The van der Waals surface area contributed by atoms with Crippen molar-refractivity contribution in [1.29, 1.82) is 0 Å². The Morgan fingerprint density at radius 2 is 2.25 bits per heavy atom. The van der Waals surface area contributed by atoms with Crippen LogP contribution in [0.3, 0.4) is 0 Å². The number of anilines is 1. The van der Waals surface area contributed by atoms with Crippen molar-refractivity contribution in [2.24, 2.45) is 5.92 Å². The highest BCUT2D eigenvalue weighted by atomic mass is 79.9. The molecule has 1 unspecified atom stereocenters. The molecule has 0 aliphatic carbocycles. The van der Waals surface area contributed by atoms with Gasteiger partial charge < -0.3 is 9.64 Å². The lowest BCUT2D eigenvalue weighted by Crippen LogP contribution is -2.25. The monoisotopic (exact) mass is 283 g/mol. The quantitative estimate of drug-likeness (QED) is 0.798. The van der Waals surface area contributed by atoms with Crippen LogP contribution in [-0.4, -0.2) is 24.9 Å². The van der Waals surface area contributed by atoms with E-state index < -0.39 is 0 Å². The summed E-state index contributed by atoms with van der Waals surface area (Å²) in [4.78, 5) is 13.7. The number of carbonyl (C=O) groups excluding carboxylic acids is 1. The van der Waals surface area contributed by atoms with Crippen LogP contribution < -0.4 is 9.64 Å². The van der Waals surface area contributed by atoms with Crippen LogP contribution in [0.4, 0.5) is 5.69 Å². The van der Waals surface area contributed by atoms with Gasteiger partial charge in [0.1, 0.15) is 5.75 Å². The summed E-state index contributed by atoms with van der Waals surface area (Å²) >= 11 is 3.43. The minimum Gasteiger partial charge on any atom is -0.495 e. The summed E-state index contributed by atoms with van der Waals surface area (Å²) in [7, 11) is 1.63. The second-order valence-corrected chi connectivity index (χ2v) is 4.55. The Bertz CT molecular complexity index is 394. The Morgan fingerprint density at radius 1 is 1.50 bits per heavy atom. The molecule has 1 saturated heterocycles.